The van der Waals surface area contributed by atoms with Crippen LogP contribution in [-0.4, -0.2) is 65.0 Å². The van der Waals surface area contributed by atoms with Crippen LogP contribution in [0.5, 0.6) is 0 Å². The molecular weight excluding hydrogens is 352 g/mol. The van der Waals surface area contributed by atoms with Crippen LogP contribution in [0.15, 0.2) is 48.9 Å². The Morgan fingerprint density at radius 1 is 1.07 bits per heavy atom. The van der Waals surface area contributed by atoms with E-state index in [4.69, 9.17) is 0 Å². The number of rotatable bonds is 7. The van der Waals surface area contributed by atoms with E-state index in [1.54, 1.807) is 12.4 Å². The smallest absolute Gasteiger partial charge is 0.225 e. The van der Waals surface area contributed by atoms with E-state index in [1.807, 2.05) is 30.5 Å². The molecule has 1 aliphatic rings. The maximum atomic E-state index is 12.2. The number of nitrogens with zero attached hydrogens (tertiary/aromatic N) is 4. The van der Waals surface area contributed by atoms with Crippen LogP contribution in [0.3, 0.4) is 0 Å². The number of aromatic amines is 1. The van der Waals surface area contributed by atoms with E-state index in [0.717, 1.165) is 61.6 Å². The number of hydrogen-bond donors (Lipinski definition) is 2. The van der Waals surface area contributed by atoms with Gasteiger partial charge in [-0.25, -0.2) is 9.97 Å². The zero-order chi connectivity index (χ0) is 19.2. The fraction of sp³-hybridized carbons (Fsp3) is 0.381. The summed E-state index contributed by atoms with van der Waals surface area (Å²) in [6.45, 7) is 5.59. The zero-order valence-electron chi connectivity index (χ0n) is 16.0. The Bertz CT molecular complexity index is 901. The van der Waals surface area contributed by atoms with E-state index in [2.05, 4.69) is 36.1 Å². The highest BCUT2D eigenvalue weighted by Gasteiger charge is 2.18. The van der Waals surface area contributed by atoms with Gasteiger partial charge in [-0.15, -0.1) is 0 Å². The van der Waals surface area contributed by atoms with E-state index >= 15 is 0 Å². The van der Waals surface area contributed by atoms with Crippen molar-refractivity contribution in [1.29, 1.82) is 0 Å². The summed E-state index contributed by atoms with van der Waals surface area (Å²) in [6.07, 6.45) is 6.88. The summed E-state index contributed by atoms with van der Waals surface area (Å²) in [5.74, 6) is 0.891. The summed E-state index contributed by atoms with van der Waals surface area (Å²) in [5.41, 5.74) is 2.12. The summed E-state index contributed by atoms with van der Waals surface area (Å²) in [4.78, 5) is 28.8. The van der Waals surface area contributed by atoms with Crippen LogP contribution < -0.4 is 10.2 Å². The molecule has 0 atom stereocenters. The Balaban J connectivity index is 1.15. The van der Waals surface area contributed by atoms with Crippen LogP contribution in [0.2, 0.25) is 0 Å². The van der Waals surface area contributed by atoms with Crippen molar-refractivity contribution in [1.82, 2.24) is 25.2 Å². The molecule has 0 bridgehead atoms. The molecule has 3 heterocycles. The Labute approximate surface area is 164 Å². The number of carbonyl (C=O) groups is 1. The summed E-state index contributed by atoms with van der Waals surface area (Å²) in [7, 11) is 0. The topological polar surface area (TPSA) is 77.2 Å². The van der Waals surface area contributed by atoms with E-state index in [-0.39, 0.29) is 5.91 Å². The minimum Gasteiger partial charge on any atom is -0.361 e. The average Bonchev–Trinajstić information content (AvgIpc) is 3.15. The number of benzene rings is 1. The second-order valence-corrected chi connectivity index (χ2v) is 7.12. The second-order valence-electron chi connectivity index (χ2n) is 7.12. The van der Waals surface area contributed by atoms with Gasteiger partial charge in [0.15, 0.2) is 0 Å². The first-order valence-corrected chi connectivity index (χ1v) is 9.85. The number of H-pyrrole nitrogens is 1. The zero-order valence-corrected chi connectivity index (χ0v) is 16.0. The van der Waals surface area contributed by atoms with Gasteiger partial charge in [-0.3, -0.25) is 9.69 Å². The van der Waals surface area contributed by atoms with Gasteiger partial charge < -0.3 is 15.2 Å². The van der Waals surface area contributed by atoms with Crippen molar-refractivity contribution in [2.24, 2.45) is 0 Å². The Hall–Kier alpha value is -2.93. The van der Waals surface area contributed by atoms with Crippen molar-refractivity contribution in [2.45, 2.75) is 12.8 Å². The molecule has 2 aromatic heterocycles. The number of fused-ring (bicyclic) bond motifs is 1. The summed E-state index contributed by atoms with van der Waals surface area (Å²) in [5, 5.41) is 4.17. The molecule has 4 rings (SSSR count). The first-order valence-electron chi connectivity index (χ1n) is 9.85. The van der Waals surface area contributed by atoms with E-state index in [1.165, 1.54) is 0 Å². The molecule has 0 radical (unpaired) electrons. The molecular formula is C21H26N6O. The average molecular weight is 378 g/mol. The molecule has 0 spiro atoms. The molecule has 0 aliphatic carbocycles. The molecule has 7 nitrogen and oxygen atoms in total. The van der Waals surface area contributed by atoms with Crippen LogP contribution >= 0.6 is 0 Å². The lowest BCUT2D eigenvalue weighted by molar-refractivity contribution is -0.120. The molecule has 1 amide bonds. The van der Waals surface area contributed by atoms with Crippen molar-refractivity contribution >= 4 is 22.8 Å². The maximum absolute atomic E-state index is 12.2. The van der Waals surface area contributed by atoms with Gasteiger partial charge in [-0.2, -0.15) is 0 Å². The van der Waals surface area contributed by atoms with E-state index < -0.39 is 0 Å². The molecule has 1 fully saturated rings. The number of piperazine rings is 1. The molecule has 3 aromatic rings. The third-order valence-corrected chi connectivity index (χ3v) is 5.21. The maximum Gasteiger partial charge on any atom is 0.225 e. The molecule has 2 N–H and O–H groups in total. The van der Waals surface area contributed by atoms with Gasteiger partial charge in [0.1, 0.15) is 0 Å². The number of hydrogen-bond acceptors (Lipinski definition) is 5. The van der Waals surface area contributed by atoms with E-state index in [0.29, 0.717) is 13.0 Å². The number of anilines is 1. The standard InChI is InChI=1S/C21H26N6O/c28-20(15-17-16-25-19-6-2-1-5-18(17)19)22-9-4-10-26-11-13-27(14-12-26)21-23-7-3-8-24-21/h1-3,5-8,16,25H,4,9-15H2,(H,22,28). The van der Waals surface area contributed by atoms with Gasteiger partial charge in [0.2, 0.25) is 11.9 Å². The van der Waals surface area contributed by atoms with Gasteiger partial charge in [-0.1, -0.05) is 18.2 Å². The molecule has 7 heteroatoms. The van der Waals surface area contributed by atoms with Crippen LogP contribution in [0.4, 0.5) is 5.95 Å². The third kappa shape index (κ3) is 4.48. The lowest BCUT2D eigenvalue weighted by atomic mass is 10.1. The van der Waals surface area contributed by atoms with Gasteiger partial charge in [0.25, 0.3) is 0 Å². The predicted octanol–water partition coefficient (Wildman–Crippen LogP) is 1.83. The lowest BCUT2D eigenvalue weighted by Gasteiger charge is -2.34. The number of para-hydroxylation sites is 1. The SMILES string of the molecule is O=C(Cc1c[nH]c2ccccc12)NCCCN1CCN(c2ncccn2)CC1. The van der Waals surface area contributed by atoms with Crippen molar-refractivity contribution in [3.05, 3.63) is 54.5 Å². The Morgan fingerprint density at radius 2 is 1.86 bits per heavy atom. The number of aromatic nitrogens is 3. The first-order chi connectivity index (χ1) is 13.8. The van der Waals surface area contributed by atoms with Gasteiger partial charge in [0.05, 0.1) is 6.42 Å². The minimum atomic E-state index is 0.0794. The largest absolute Gasteiger partial charge is 0.361 e. The summed E-state index contributed by atoms with van der Waals surface area (Å²) >= 11 is 0. The molecule has 1 saturated heterocycles. The second kappa shape index (κ2) is 8.84. The number of amides is 1. The van der Waals surface area contributed by atoms with Gasteiger partial charge >= 0.3 is 0 Å². The van der Waals surface area contributed by atoms with Crippen molar-refractivity contribution in [2.75, 3.05) is 44.2 Å². The number of carbonyl (C=O) groups excluding carboxylic acids is 1. The lowest BCUT2D eigenvalue weighted by Crippen LogP contribution is -2.47. The predicted molar refractivity (Wildman–Crippen MR) is 110 cm³/mol. The fourth-order valence-corrected chi connectivity index (χ4v) is 3.67. The van der Waals surface area contributed by atoms with Crippen molar-refractivity contribution in [3.63, 3.8) is 0 Å². The molecule has 28 heavy (non-hydrogen) atoms. The third-order valence-electron chi connectivity index (χ3n) is 5.21. The summed E-state index contributed by atoms with van der Waals surface area (Å²) in [6, 6.07) is 9.91. The Morgan fingerprint density at radius 3 is 2.68 bits per heavy atom. The normalized spacial score (nSPS) is 15.1. The molecule has 0 saturated carbocycles. The van der Waals surface area contributed by atoms with Gasteiger partial charge in [0, 0.05) is 62.2 Å². The minimum absolute atomic E-state index is 0.0794. The molecule has 0 unspecified atom stereocenters. The highest BCUT2D eigenvalue weighted by atomic mass is 16.1. The van der Waals surface area contributed by atoms with Crippen LogP contribution in [-0.2, 0) is 11.2 Å². The quantitative estimate of drug-likeness (QED) is 0.614. The van der Waals surface area contributed by atoms with Gasteiger partial charge in [-0.05, 0) is 30.7 Å². The molecule has 1 aliphatic heterocycles. The van der Waals surface area contributed by atoms with Crippen molar-refractivity contribution in [3.8, 4) is 0 Å². The molecule has 1 aromatic carbocycles. The highest BCUT2D eigenvalue weighted by molar-refractivity contribution is 5.88. The van der Waals surface area contributed by atoms with Crippen molar-refractivity contribution < 1.29 is 4.79 Å². The Kier molecular flexibility index (Phi) is 5.82. The van der Waals surface area contributed by atoms with Crippen LogP contribution in [0, 0.1) is 0 Å². The molecule has 146 valence electrons. The van der Waals surface area contributed by atoms with Crippen LogP contribution in [0.1, 0.15) is 12.0 Å². The summed E-state index contributed by atoms with van der Waals surface area (Å²) < 4.78 is 0. The monoisotopic (exact) mass is 378 g/mol. The van der Waals surface area contributed by atoms with Crippen LogP contribution in [0.25, 0.3) is 10.9 Å². The van der Waals surface area contributed by atoms with E-state index in [9.17, 15) is 4.79 Å². The first kappa shape index (κ1) is 18.4. The fourth-order valence-electron chi connectivity index (χ4n) is 3.67. The highest BCUT2D eigenvalue weighted by Crippen LogP contribution is 2.18. The number of nitrogens with one attached hydrogen (secondary N) is 2.